The first-order valence-corrected chi connectivity index (χ1v) is 10.1. The summed E-state index contributed by atoms with van der Waals surface area (Å²) in [5, 5.41) is 17.5. The van der Waals surface area contributed by atoms with Gasteiger partial charge in [0.15, 0.2) is 0 Å². The van der Waals surface area contributed by atoms with Crippen LogP contribution in [-0.2, 0) is 6.67 Å². The first-order valence-electron chi connectivity index (χ1n) is 9.67. The summed E-state index contributed by atoms with van der Waals surface area (Å²) >= 11 is 6.18. The number of hydrogen-bond donors (Lipinski definition) is 2. The van der Waals surface area contributed by atoms with Gasteiger partial charge in [-0.2, -0.15) is 14.3 Å². The highest BCUT2D eigenvalue weighted by atomic mass is 35.5. The average molecular weight is 432 g/mol. The highest BCUT2D eigenvalue weighted by Gasteiger charge is 2.28. The van der Waals surface area contributed by atoms with E-state index >= 15 is 0 Å². The van der Waals surface area contributed by atoms with Gasteiger partial charge in [0.25, 0.3) is 18.1 Å². The molecular weight excluding hydrogens is 410 g/mol. The van der Waals surface area contributed by atoms with Crippen LogP contribution in [0.3, 0.4) is 0 Å². The third-order valence-corrected chi connectivity index (χ3v) is 5.55. The standard InChI is InChI=1S/C20H22ClN5O4/c1-22-13-25-17(27)11-24-26(19(25)29)14-6-7-16(21)15(10-14)18(28)23-12-20(30)8-4-2-3-5-9-20/h6-7,10-11,30H,2-5,8-9,12-13H2,(H,23,28). The molecule has 0 aliphatic heterocycles. The molecule has 1 aromatic carbocycles. The van der Waals surface area contributed by atoms with E-state index in [1.165, 1.54) is 18.2 Å². The van der Waals surface area contributed by atoms with Crippen molar-refractivity contribution in [3.8, 4) is 5.69 Å². The Morgan fingerprint density at radius 3 is 2.63 bits per heavy atom. The first-order chi connectivity index (χ1) is 14.3. The molecule has 0 spiro atoms. The third kappa shape index (κ3) is 4.78. The van der Waals surface area contributed by atoms with Gasteiger partial charge in [-0.05, 0) is 31.0 Å². The van der Waals surface area contributed by atoms with Crippen molar-refractivity contribution in [3.05, 3.63) is 67.2 Å². The molecule has 1 heterocycles. The lowest BCUT2D eigenvalue weighted by Gasteiger charge is -2.26. The van der Waals surface area contributed by atoms with Crippen molar-refractivity contribution < 1.29 is 9.90 Å². The van der Waals surface area contributed by atoms with Gasteiger partial charge < -0.3 is 10.4 Å². The highest BCUT2D eigenvalue weighted by Crippen LogP contribution is 2.26. The number of benzene rings is 1. The van der Waals surface area contributed by atoms with Crippen molar-refractivity contribution in [2.75, 3.05) is 6.54 Å². The van der Waals surface area contributed by atoms with Gasteiger partial charge in [0.05, 0.1) is 21.9 Å². The van der Waals surface area contributed by atoms with Crippen LogP contribution in [0.15, 0.2) is 34.0 Å². The molecule has 0 unspecified atom stereocenters. The fraction of sp³-hybridized carbons (Fsp3) is 0.450. The van der Waals surface area contributed by atoms with E-state index in [9.17, 15) is 19.5 Å². The predicted octanol–water partition coefficient (Wildman–Crippen LogP) is 1.74. The van der Waals surface area contributed by atoms with E-state index in [0.717, 1.165) is 41.1 Å². The zero-order chi connectivity index (χ0) is 21.7. The molecule has 30 heavy (non-hydrogen) atoms. The van der Waals surface area contributed by atoms with Gasteiger partial charge in [0.2, 0.25) is 0 Å². The van der Waals surface area contributed by atoms with Crippen LogP contribution in [0.25, 0.3) is 10.5 Å². The molecule has 0 saturated heterocycles. The Bertz CT molecular complexity index is 1090. The molecule has 2 aromatic rings. The predicted molar refractivity (Wildman–Crippen MR) is 111 cm³/mol. The summed E-state index contributed by atoms with van der Waals surface area (Å²) in [6, 6.07) is 4.32. The number of rotatable bonds is 5. The van der Waals surface area contributed by atoms with Crippen LogP contribution in [0.2, 0.25) is 5.02 Å². The summed E-state index contributed by atoms with van der Waals surface area (Å²) in [6.07, 6.45) is 6.16. The van der Waals surface area contributed by atoms with Crippen LogP contribution < -0.4 is 16.6 Å². The Kier molecular flexibility index (Phi) is 6.70. The minimum Gasteiger partial charge on any atom is -0.388 e. The van der Waals surface area contributed by atoms with Gasteiger partial charge in [-0.1, -0.05) is 37.3 Å². The minimum absolute atomic E-state index is 0.112. The topological polar surface area (TPSA) is 111 Å². The number of amides is 1. The van der Waals surface area contributed by atoms with Crippen LogP contribution in [-0.4, -0.2) is 37.5 Å². The quantitative estimate of drug-likeness (QED) is 0.553. The van der Waals surface area contributed by atoms with Gasteiger partial charge in [0.1, 0.15) is 6.20 Å². The van der Waals surface area contributed by atoms with Crippen molar-refractivity contribution in [2.45, 2.75) is 50.8 Å². The molecule has 1 saturated carbocycles. The maximum absolute atomic E-state index is 12.7. The molecule has 9 nitrogen and oxygen atoms in total. The Hall–Kier alpha value is -2.96. The second-order valence-electron chi connectivity index (χ2n) is 7.39. The Morgan fingerprint density at radius 2 is 1.97 bits per heavy atom. The Balaban J connectivity index is 1.86. The summed E-state index contributed by atoms with van der Waals surface area (Å²) in [5.74, 6) is -0.484. The number of aromatic nitrogens is 3. The summed E-state index contributed by atoms with van der Waals surface area (Å²) in [4.78, 5) is 40.1. The zero-order valence-corrected chi connectivity index (χ0v) is 17.1. The molecule has 2 N–H and O–H groups in total. The second-order valence-corrected chi connectivity index (χ2v) is 7.80. The molecule has 1 aliphatic rings. The summed E-state index contributed by atoms with van der Waals surface area (Å²) in [7, 11) is 0. The molecule has 1 aromatic heterocycles. The molecule has 0 bridgehead atoms. The van der Waals surface area contributed by atoms with Crippen LogP contribution in [0.5, 0.6) is 0 Å². The molecular formula is C20H22ClN5O4. The molecule has 1 amide bonds. The number of nitrogens with one attached hydrogen (secondary N) is 1. The van der Waals surface area contributed by atoms with Gasteiger partial charge in [0, 0.05) is 6.54 Å². The molecule has 10 heteroatoms. The molecule has 1 aliphatic carbocycles. The van der Waals surface area contributed by atoms with Crippen molar-refractivity contribution in [3.63, 3.8) is 0 Å². The highest BCUT2D eigenvalue weighted by molar-refractivity contribution is 6.33. The number of carbonyl (C=O) groups excluding carboxylic acids is 1. The van der Waals surface area contributed by atoms with Crippen LogP contribution in [0, 0.1) is 6.57 Å². The minimum atomic E-state index is -0.940. The summed E-state index contributed by atoms with van der Waals surface area (Å²) < 4.78 is 1.68. The van der Waals surface area contributed by atoms with Crippen molar-refractivity contribution in [2.24, 2.45) is 0 Å². The molecule has 3 rings (SSSR count). The second kappa shape index (κ2) is 9.24. The normalized spacial score (nSPS) is 15.8. The number of halogens is 1. The lowest BCUT2D eigenvalue weighted by atomic mass is 9.94. The largest absolute Gasteiger partial charge is 0.388 e. The lowest BCUT2D eigenvalue weighted by molar-refractivity contribution is 0.0246. The number of nitrogens with zero attached hydrogens (tertiary/aromatic N) is 4. The van der Waals surface area contributed by atoms with Crippen molar-refractivity contribution >= 4 is 17.5 Å². The van der Waals surface area contributed by atoms with E-state index in [0.29, 0.717) is 12.8 Å². The van der Waals surface area contributed by atoms with E-state index < -0.39 is 29.4 Å². The SMILES string of the molecule is [C-]#[N+]Cn1c(=O)cnn(-c2ccc(Cl)c(C(=O)NCC3(O)CCCCCC3)c2)c1=O. The van der Waals surface area contributed by atoms with E-state index in [2.05, 4.69) is 15.3 Å². The molecule has 1 fully saturated rings. The number of hydrogen-bond acceptors (Lipinski definition) is 5. The lowest BCUT2D eigenvalue weighted by Crippen LogP contribution is -2.42. The van der Waals surface area contributed by atoms with Crippen LogP contribution in [0.1, 0.15) is 48.9 Å². The van der Waals surface area contributed by atoms with Crippen LogP contribution >= 0.6 is 11.6 Å². The van der Waals surface area contributed by atoms with E-state index in [-0.39, 0.29) is 22.8 Å². The maximum Gasteiger partial charge on any atom is 0.358 e. The summed E-state index contributed by atoms with van der Waals surface area (Å²) in [5.41, 5.74) is -2.08. The fourth-order valence-corrected chi connectivity index (χ4v) is 3.74. The maximum atomic E-state index is 12.7. The average Bonchev–Trinajstić information content (AvgIpc) is 2.95. The van der Waals surface area contributed by atoms with E-state index in [4.69, 9.17) is 18.2 Å². The van der Waals surface area contributed by atoms with Crippen LogP contribution in [0.4, 0.5) is 0 Å². The molecule has 158 valence electrons. The van der Waals surface area contributed by atoms with E-state index in [1.807, 2.05) is 0 Å². The van der Waals surface area contributed by atoms with Gasteiger partial charge in [-0.25, -0.2) is 11.4 Å². The zero-order valence-electron chi connectivity index (χ0n) is 16.3. The first kappa shape index (κ1) is 21.7. The van der Waals surface area contributed by atoms with E-state index in [1.54, 1.807) is 0 Å². The molecule has 0 atom stereocenters. The smallest absolute Gasteiger partial charge is 0.358 e. The summed E-state index contributed by atoms with van der Waals surface area (Å²) in [6.45, 7) is 6.57. The van der Waals surface area contributed by atoms with Gasteiger partial charge >= 0.3 is 5.69 Å². The Morgan fingerprint density at radius 1 is 1.27 bits per heavy atom. The van der Waals surface area contributed by atoms with Crippen molar-refractivity contribution in [1.82, 2.24) is 19.7 Å². The number of carbonyl (C=O) groups is 1. The van der Waals surface area contributed by atoms with Crippen molar-refractivity contribution in [1.29, 1.82) is 0 Å². The fourth-order valence-electron chi connectivity index (χ4n) is 3.54. The Labute approximate surface area is 177 Å². The number of aliphatic hydroxyl groups is 1. The third-order valence-electron chi connectivity index (χ3n) is 5.23. The van der Waals surface area contributed by atoms with Gasteiger partial charge in [-0.15, -0.1) is 0 Å². The van der Waals surface area contributed by atoms with Gasteiger partial charge in [-0.3, -0.25) is 14.4 Å². The molecule has 0 radical (unpaired) electrons. The monoisotopic (exact) mass is 431 g/mol.